The molecule has 19 heavy (non-hydrogen) atoms. The SMILES string of the molecule is c1coc(CC2NCCc3cc4c(cc32)OCO4)c1. The molecule has 3 heterocycles. The van der Waals surface area contributed by atoms with Crippen LogP contribution in [-0.2, 0) is 12.8 Å². The van der Waals surface area contributed by atoms with E-state index in [0.29, 0.717) is 6.79 Å². The van der Waals surface area contributed by atoms with Gasteiger partial charge in [0.15, 0.2) is 11.5 Å². The van der Waals surface area contributed by atoms with E-state index in [1.165, 1.54) is 11.1 Å². The monoisotopic (exact) mass is 257 g/mol. The molecule has 0 aliphatic carbocycles. The van der Waals surface area contributed by atoms with Gasteiger partial charge in [0, 0.05) is 12.5 Å². The average Bonchev–Trinajstić information content (AvgIpc) is 3.07. The van der Waals surface area contributed by atoms with Crippen LogP contribution >= 0.6 is 0 Å². The third-order valence-electron chi connectivity index (χ3n) is 3.78. The molecule has 0 fully saturated rings. The lowest BCUT2D eigenvalue weighted by atomic mass is 9.91. The van der Waals surface area contributed by atoms with E-state index in [9.17, 15) is 0 Å². The van der Waals surface area contributed by atoms with E-state index in [4.69, 9.17) is 13.9 Å². The fourth-order valence-electron chi connectivity index (χ4n) is 2.84. The van der Waals surface area contributed by atoms with Crippen molar-refractivity contribution in [3.05, 3.63) is 47.4 Å². The van der Waals surface area contributed by atoms with Gasteiger partial charge in [-0.2, -0.15) is 0 Å². The summed E-state index contributed by atoms with van der Waals surface area (Å²) in [6, 6.07) is 8.46. The second-order valence-corrected chi connectivity index (χ2v) is 4.94. The van der Waals surface area contributed by atoms with Gasteiger partial charge in [-0.25, -0.2) is 0 Å². The highest BCUT2D eigenvalue weighted by Crippen LogP contribution is 2.38. The van der Waals surface area contributed by atoms with Gasteiger partial charge in [-0.3, -0.25) is 0 Å². The molecule has 0 radical (unpaired) electrons. The topological polar surface area (TPSA) is 43.6 Å². The summed E-state index contributed by atoms with van der Waals surface area (Å²) in [5, 5.41) is 3.55. The van der Waals surface area contributed by atoms with Crippen LogP contribution in [0.25, 0.3) is 0 Å². The molecular weight excluding hydrogens is 242 g/mol. The number of hydrogen-bond donors (Lipinski definition) is 1. The van der Waals surface area contributed by atoms with Crippen molar-refractivity contribution >= 4 is 0 Å². The van der Waals surface area contributed by atoms with E-state index in [2.05, 4.69) is 17.4 Å². The summed E-state index contributed by atoms with van der Waals surface area (Å²) >= 11 is 0. The first-order chi connectivity index (χ1) is 9.40. The Kier molecular flexibility index (Phi) is 2.48. The van der Waals surface area contributed by atoms with Crippen molar-refractivity contribution in [2.24, 2.45) is 0 Å². The summed E-state index contributed by atoms with van der Waals surface area (Å²) in [5.74, 6) is 2.73. The van der Waals surface area contributed by atoms with Crippen molar-refractivity contribution in [3.63, 3.8) is 0 Å². The molecule has 4 heteroatoms. The van der Waals surface area contributed by atoms with Crippen LogP contribution in [0.3, 0.4) is 0 Å². The first-order valence-electron chi connectivity index (χ1n) is 6.58. The Bertz CT molecular complexity index is 592. The molecule has 2 aromatic rings. The van der Waals surface area contributed by atoms with Gasteiger partial charge in [0.25, 0.3) is 0 Å². The van der Waals surface area contributed by atoms with Gasteiger partial charge in [-0.15, -0.1) is 0 Å². The Morgan fingerprint density at radius 2 is 2.11 bits per heavy atom. The standard InChI is InChI=1S/C15H15NO3/c1-2-11(17-5-1)7-13-12-8-15-14(18-9-19-15)6-10(12)3-4-16-13/h1-2,5-6,8,13,16H,3-4,7,9H2. The number of furan rings is 1. The number of benzene rings is 1. The van der Waals surface area contributed by atoms with Crippen molar-refractivity contribution in [1.82, 2.24) is 5.32 Å². The highest BCUT2D eigenvalue weighted by atomic mass is 16.7. The number of rotatable bonds is 2. The fourth-order valence-corrected chi connectivity index (χ4v) is 2.84. The minimum absolute atomic E-state index is 0.282. The molecule has 98 valence electrons. The lowest BCUT2D eigenvalue weighted by Crippen LogP contribution is -2.31. The fraction of sp³-hybridized carbons (Fsp3) is 0.333. The van der Waals surface area contributed by atoms with Gasteiger partial charge < -0.3 is 19.2 Å². The van der Waals surface area contributed by atoms with Crippen LogP contribution in [0.2, 0.25) is 0 Å². The molecule has 2 aliphatic heterocycles. The number of hydrogen-bond acceptors (Lipinski definition) is 4. The number of ether oxygens (including phenoxy) is 2. The Balaban J connectivity index is 1.69. The first-order valence-corrected chi connectivity index (χ1v) is 6.58. The molecule has 1 N–H and O–H groups in total. The van der Waals surface area contributed by atoms with Crippen LogP contribution in [0.5, 0.6) is 11.5 Å². The van der Waals surface area contributed by atoms with E-state index < -0.39 is 0 Å². The Morgan fingerprint density at radius 1 is 1.21 bits per heavy atom. The highest BCUT2D eigenvalue weighted by molar-refractivity contribution is 5.50. The summed E-state index contributed by atoms with van der Waals surface area (Å²) < 4.78 is 16.4. The van der Waals surface area contributed by atoms with Crippen LogP contribution < -0.4 is 14.8 Å². The summed E-state index contributed by atoms with van der Waals surface area (Å²) in [7, 11) is 0. The predicted octanol–water partition coefficient (Wildman–Crippen LogP) is 2.44. The third kappa shape index (κ3) is 1.88. The summed E-state index contributed by atoms with van der Waals surface area (Å²) in [5.41, 5.74) is 2.64. The van der Waals surface area contributed by atoms with Gasteiger partial charge in [-0.1, -0.05) is 0 Å². The van der Waals surface area contributed by atoms with Crippen LogP contribution in [-0.4, -0.2) is 13.3 Å². The summed E-state index contributed by atoms with van der Waals surface area (Å²) in [6.45, 7) is 1.31. The van der Waals surface area contributed by atoms with Gasteiger partial charge in [-0.05, 0) is 48.4 Å². The maximum atomic E-state index is 5.47. The molecule has 4 rings (SSSR count). The van der Waals surface area contributed by atoms with Gasteiger partial charge in [0.05, 0.1) is 6.26 Å². The lowest BCUT2D eigenvalue weighted by molar-refractivity contribution is 0.174. The van der Waals surface area contributed by atoms with E-state index in [-0.39, 0.29) is 6.04 Å². The quantitative estimate of drug-likeness (QED) is 0.897. The predicted molar refractivity (Wildman–Crippen MR) is 69.4 cm³/mol. The molecule has 0 saturated heterocycles. The average molecular weight is 257 g/mol. The minimum Gasteiger partial charge on any atom is -0.469 e. The van der Waals surface area contributed by atoms with Gasteiger partial charge in [0.2, 0.25) is 6.79 Å². The van der Waals surface area contributed by atoms with Crippen molar-refractivity contribution in [1.29, 1.82) is 0 Å². The molecule has 1 aromatic heterocycles. The van der Waals surface area contributed by atoms with Gasteiger partial charge >= 0.3 is 0 Å². The Labute approximate surface area is 111 Å². The molecule has 4 nitrogen and oxygen atoms in total. The zero-order valence-electron chi connectivity index (χ0n) is 10.5. The van der Waals surface area contributed by atoms with E-state index in [1.807, 2.05) is 12.1 Å². The number of fused-ring (bicyclic) bond motifs is 2. The van der Waals surface area contributed by atoms with E-state index in [0.717, 1.165) is 36.6 Å². The summed E-state index contributed by atoms with van der Waals surface area (Å²) in [4.78, 5) is 0. The molecule has 1 unspecified atom stereocenters. The highest BCUT2D eigenvalue weighted by Gasteiger charge is 2.25. The first kappa shape index (κ1) is 10.9. The van der Waals surface area contributed by atoms with E-state index in [1.54, 1.807) is 6.26 Å². The molecule has 0 saturated carbocycles. The van der Waals surface area contributed by atoms with Gasteiger partial charge in [0.1, 0.15) is 5.76 Å². The maximum absolute atomic E-state index is 5.47. The van der Waals surface area contributed by atoms with Crippen LogP contribution in [0.15, 0.2) is 34.9 Å². The zero-order valence-corrected chi connectivity index (χ0v) is 10.5. The summed E-state index contributed by atoms with van der Waals surface area (Å²) in [6.07, 6.45) is 3.61. The molecular formula is C15H15NO3. The van der Waals surface area contributed by atoms with E-state index >= 15 is 0 Å². The van der Waals surface area contributed by atoms with Crippen molar-refractivity contribution in [3.8, 4) is 11.5 Å². The van der Waals surface area contributed by atoms with Crippen molar-refractivity contribution in [2.45, 2.75) is 18.9 Å². The third-order valence-corrected chi connectivity index (χ3v) is 3.78. The van der Waals surface area contributed by atoms with Crippen LogP contribution in [0.4, 0.5) is 0 Å². The lowest BCUT2D eigenvalue weighted by Gasteiger charge is -2.26. The second-order valence-electron chi connectivity index (χ2n) is 4.94. The minimum atomic E-state index is 0.282. The Morgan fingerprint density at radius 3 is 2.95 bits per heavy atom. The normalized spacial score (nSPS) is 20.3. The molecule has 2 aliphatic rings. The molecule has 0 spiro atoms. The largest absolute Gasteiger partial charge is 0.469 e. The second kappa shape index (κ2) is 4.31. The van der Waals surface area contributed by atoms with Crippen molar-refractivity contribution < 1.29 is 13.9 Å². The maximum Gasteiger partial charge on any atom is 0.231 e. The number of nitrogens with one attached hydrogen (secondary N) is 1. The molecule has 0 bridgehead atoms. The van der Waals surface area contributed by atoms with Crippen LogP contribution in [0, 0.1) is 0 Å². The van der Waals surface area contributed by atoms with Crippen molar-refractivity contribution in [2.75, 3.05) is 13.3 Å². The molecule has 1 aromatic carbocycles. The zero-order chi connectivity index (χ0) is 12.7. The van der Waals surface area contributed by atoms with Crippen LogP contribution in [0.1, 0.15) is 22.9 Å². The molecule has 1 atom stereocenters. The smallest absolute Gasteiger partial charge is 0.231 e. The molecule has 0 amide bonds. The Hall–Kier alpha value is -1.94.